The molecule has 1 aromatic rings. The maximum absolute atomic E-state index is 13.5. The van der Waals surface area contributed by atoms with Gasteiger partial charge in [-0.1, -0.05) is 0 Å². The molecule has 0 fully saturated rings. The van der Waals surface area contributed by atoms with E-state index in [9.17, 15) is 4.39 Å². The Morgan fingerprint density at radius 2 is 2.20 bits per heavy atom. The van der Waals surface area contributed by atoms with Gasteiger partial charge < -0.3 is 14.7 Å². The van der Waals surface area contributed by atoms with Crippen LogP contribution < -0.4 is 15.0 Å². The second-order valence-electron chi connectivity index (χ2n) is 3.01. The summed E-state index contributed by atoms with van der Waals surface area (Å²) in [6.45, 7) is 0.850. The minimum absolute atomic E-state index is 0.00303. The zero-order valence-electron chi connectivity index (χ0n) is 7.72. The molecule has 0 atom stereocenters. The normalized spacial score (nSPS) is 14.1. The lowest BCUT2D eigenvalue weighted by Gasteiger charge is -2.21. The molecular weight excluding hydrogens is 269 g/mol. The van der Waals surface area contributed by atoms with Gasteiger partial charge in [-0.25, -0.2) is 9.87 Å². The van der Waals surface area contributed by atoms with E-state index in [1.807, 2.05) is 5.48 Å². The van der Waals surface area contributed by atoms with Gasteiger partial charge in [-0.05, 0) is 15.9 Å². The molecule has 4 nitrogen and oxygen atoms in total. The second kappa shape index (κ2) is 4.34. The average molecular weight is 278 g/mol. The standard InChI is InChI=1S/C9H9BrFNO3/c10-8-5(4-12-13)6(11)3-7-9(8)15-2-1-14-7/h3,12-13H,1-2,4H2. The van der Waals surface area contributed by atoms with Gasteiger partial charge in [0.25, 0.3) is 0 Å². The third-order valence-corrected chi connectivity index (χ3v) is 2.92. The third kappa shape index (κ3) is 1.92. The second-order valence-corrected chi connectivity index (χ2v) is 3.80. The van der Waals surface area contributed by atoms with Crippen LogP contribution in [0, 0.1) is 5.82 Å². The van der Waals surface area contributed by atoms with Gasteiger partial charge in [0.05, 0.1) is 4.47 Å². The van der Waals surface area contributed by atoms with Gasteiger partial charge in [0, 0.05) is 18.2 Å². The fourth-order valence-electron chi connectivity index (χ4n) is 1.40. The molecule has 0 amide bonds. The molecule has 0 radical (unpaired) electrons. The molecule has 0 saturated carbocycles. The van der Waals surface area contributed by atoms with Crippen LogP contribution >= 0.6 is 15.9 Å². The first-order chi connectivity index (χ1) is 7.24. The fourth-order valence-corrected chi connectivity index (χ4v) is 2.04. The van der Waals surface area contributed by atoms with Crippen molar-refractivity contribution < 1.29 is 19.1 Å². The Balaban J connectivity index is 2.49. The number of nitrogens with one attached hydrogen (secondary N) is 1. The number of ether oxygens (including phenoxy) is 2. The molecule has 2 N–H and O–H groups in total. The summed E-state index contributed by atoms with van der Waals surface area (Å²) in [5.41, 5.74) is 2.21. The van der Waals surface area contributed by atoms with E-state index in [1.165, 1.54) is 6.07 Å². The van der Waals surface area contributed by atoms with Crippen molar-refractivity contribution in [1.29, 1.82) is 0 Å². The molecule has 0 aromatic heterocycles. The summed E-state index contributed by atoms with van der Waals surface area (Å²) in [5, 5.41) is 8.56. The van der Waals surface area contributed by atoms with Gasteiger partial charge in [-0.3, -0.25) is 0 Å². The largest absolute Gasteiger partial charge is 0.486 e. The maximum atomic E-state index is 13.5. The van der Waals surface area contributed by atoms with Crippen LogP contribution in [0.15, 0.2) is 10.5 Å². The van der Waals surface area contributed by atoms with Crippen molar-refractivity contribution in [3.05, 3.63) is 21.9 Å². The number of rotatable bonds is 2. The minimum Gasteiger partial charge on any atom is -0.486 e. The molecule has 1 aliphatic rings. The Morgan fingerprint density at radius 3 is 2.93 bits per heavy atom. The molecule has 15 heavy (non-hydrogen) atoms. The Kier molecular flexibility index (Phi) is 3.08. The van der Waals surface area contributed by atoms with Crippen LogP contribution in [-0.2, 0) is 6.54 Å². The highest BCUT2D eigenvalue weighted by Gasteiger charge is 2.21. The van der Waals surface area contributed by atoms with E-state index in [0.717, 1.165) is 0 Å². The molecule has 0 saturated heterocycles. The van der Waals surface area contributed by atoms with E-state index >= 15 is 0 Å². The van der Waals surface area contributed by atoms with Gasteiger partial charge in [0.15, 0.2) is 11.5 Å². The first kappa shape index (κ1) is 10.7. The molecular formula is C9H9BrFNO3. The Labute approximate surface area is 94.1 Å². The van der Waals surface area contributed by atoms with Crippen molar-refractivity contribution in [2.24, 2.45) is 0 Å². The fraction of sp³-hybridized carbons (Fsp3) is 0.333. The summed E-state index contributed by atoms with van der Waals surface area (Å²) in [5.74, 6) is 0.410. The van der Waals surface area contributed by atoms with Crippen molar-refractivity contribution in [1.82, 2.24) is 5.48 Å². The summed E-state index contributed by atoms with van der Waals surface area (Å²) in [6.07, 6.45) is 0. The first-order valence-electron chi connectivity index (χ1n) is 4.37. The van der Waals surface area contributed by atoms with Gasteiger partial charge in [0.2, 0.25) is 0 Å². The van der Waals surface area contributed by atoms with Gasteiger partial charge in [-0.15, -0.1) is 0 Å². The smallest absolute Gasteiger partial charge is 0.176 e. The quantitative estimate of drug-likeness (QED) is 0.810. The molecule has 0 unspecified atom stereocenters. The molecule has 1 heterocycles. The Morgan fingerprint density at radius 1 is 1.47 bits per heavy atom. The maximum Gasteiger partial charge on any atom is 0.176 e. The summed E-state index contributed by atoms with van der Waals surface area (Å²) in [7, 11) is 0. The van der Waals surface area contributed by atoms with E-state index in [2.05, 4.69) is 15.9 Å². The van der Waals surface area contributed by atoms with E-state index in [4.69, 9.17) is 14.7 Å². The predicted molar refractivity (Wildman–Crippen MR) is 53.7 cm³/mol. The van der Waals surface area contributed by atoms with Gasteiger partial charge in [0.1, 0.15) is 19.0 Å². The number of hydrogen-bond acceptors (Lipinski definition) is 4. The Hall–Kier alpha value is -0.850. The first-order valence-corrected chi connectivity index (χ1v) is 5.16. The Bertz CT molecular complexity index is 386. The lowest BCUT2D eigenvalue weighted by molar-refractivity contribution is 0.156. The van der Waals surface area contributed by atoms with Crippen LogP contribution in [0.25, 0.3) is 0 Å². The van der Waals surface area contributed by atoms with Crippen molar-refractivity contribution in [2.75, 3.05) is 13.2 Å². The monoisotopic (exact) mass is 277 g/mol. The third-order valence-electron chi connectivity index (χ3n) is 2.08. The molecule has 0 aliphatic carbocycles. The average Bonchev–Trinajstić information content (AvgIpc) is 2.24. The SMILES string of the molecule is ONCc1c(F)cc2c(c1Br)OCCO2. The molecule has 0 bridgehead atoms. The molecule has 2 rings (SSSR count). The predicted octanol–water partition coefficient (Wildman–Crippen LogP) is 1.84. The van der Waals surface area contributed by atoms with Crippen LogP contribution in [0.2, 0.25) is 0 Å². The van der Waals surface area contributed by atoms with E-state index < -0.39 is 5.82 Å². The molecule has 6 heteroatoms. The van der Waals surface area contributed by atoms with Crippen molar-refractivity contribution in [3.8, 4) is 11.5 Å². The van der Waals surface area contributed by atoms with E-state index in [1.54, 1.807) is 0 Å². The zero-order chi connectivity index (χ0) is 10.8. The number of fused-ring (bicyclic) bond motifs is 1. The van der Waals surface area contributed by atoms with Crippen molar-refractivity contribution in [2.45, 2.75) is 6.54 Å². The summed E-state index contributed by atoms with van der Waals surface area (Å²) in [6, 6.07) is 1.26. The molecule has 82 valence electrons. The molecule has 0 spiro atoms. The van der Waals surface area contributed by atoms with Crippen LogP contribution in [0.5, 0.6) is 11.5 Å². The van der Waals surface area contributed by atoms with Crippen molar-refractivity contribution >= 4 is 15.9 Å². The lowest BCUT2D eigenvalue weighted by atomic mass is 10.2. The van der Waals surface area contributed by atoms with Crippen LogP contribution in [0.1, 0.15) is 5.56 Å². The van der Waals surface area contributed by atoms with E-state index in [0.29, 0.717) is 34.7 Å². The minimum atomic E-state index is -0.451. The number of hydroxylamine groups is 1. The highest BCUT2D eigenvalue weighted by atomic mass is 79.9. The van der Waals surface area contributed by atoms with Crippen LogP contribution in [0.4, 0.5) is 4.39 Å². The number of benzene rings is 1. The molecule has 1 aliphatic heterocycles. The van der Waals surface area contributed by atoms with Crippen molar-refractivity contribution in [3.63, 3.8) is 0 Å². The summed E-state index contributed by atoms with van der Waals surface area (Å²) < 4.78 is 24.6. The van der Waals surface area contributed by atoms with E-state index in [-0.39, 0.29) is 6.54 Å². The van der Waals surface area contributed by atoms with Gasteiger partial charge >= 0.3 is 0 Å². The number of hydrogen-bond donors (Lipinski definition) is 2. The zero-order valence-corrected chi connectivity index (χ0v) is 9.30. The topological polar surface area (TPSA) is 50.7 Å². The highest BCUT2D eigenvalue weighted by molar-refractivity contribution is 9.10. The molecule has 1 aromatic carbocycles. The summed E-state index contributed by atoms with van der Waals surface area (Å²) >= 11 is 3.22. The number of halogens is 2. The lowest BCUT2D eigenvalue weighted by Crippen LogP contribution is -2.17. The highest BCUT2D eigenvalue weighted by Crippen LogP contribution is 2.40. The van der Waals surface area contributed by atoms with Gasteiger partial charge in [-0.2, -0.15) is 0 Å². The summed E-state index contributed by atoms with van der Waals surface area (Å²) in [4.78, 5) is 0. The van der Waals surface area contributed by atoms with Crippen LogP contribution in [0.3, 0.4) is 0 Å². The van der Waals surface area contributed by atoms with Crippen LogP contribution in [-0.4, -0.2) is 18.4 Å².